The molecule has 1 fully saturated rings. The Hall–Kier alpha value is -3.08. The lowest BCUT2D eigenvalue weighted by atomic mass is 9.78. The van der Waals surface area contributed by atoms with Crippen molar-refractivity contribution in [2.75, 3.05) is 11.5 Å². The molecule has 1 aromatic heterocycles. The molecule has 2 heterocycles. The topological polar surface area (TPSA) is 87.4 Å². The van der Waals surface area contributed by atoms with E-state index in [2.05, 4.69) is 4.74 Å². The molecule has 1 aliphatic rings. The monoisotopic (exact) mass is 524 g/mol. The van der Waals surface area contributed by atoms with Crippen LogP contribution in [0.25, 0.3) is 16.7 Å². The number of ether oxygens (including phenoxy) is 1. The van der Waals surface area contributed by atoms with Crippen LogP contribution in [-0.4, -0.2) is 41.5 Å². The third-order valence-corrected chi connectivity index (χ3v) is 8.34. The first kappa shape index (κ1) is 26.0. The second-order valence-electron chi connectivity index (χ2n) is 9.85. The van der Waals surface area contributed by atoms with Gasteiger partial charge in [0.2, 0.25) is 0 Å². The van der Waals surface area contributed by atoms with Crippen molar-refractivity contribution in [3.8, 4) is 11.4 Å². The molecule has 3 aromatic rings. The highest BCUT2D eigenvalue weighted by molar-refractivity contribution is 7.91. The summed E-state index contributed by atoms with van der Waals surface area (Å²) in [6.07, 6.45) is 0.735. The van der Waals surface area contributed by atoms with Crippen LogP contribution < -0.4 is 10.4 Å². The van der Waals surface area contributed by atoms with Crippen LogP contribution in [0, 0.1) is 11.2 Å². The Labute approximate surface area is 206 Å². The number of fused-ring (bicyclic) bond motifs is 1. The van der Waals surface area contributed by atoms with Gasteiger partial charge in [0.25, 0.3) is 0 Å². The quantitative estimate of drug-likeness (QED) is 0.410. The smallest absolute Gasteiger partial charge is 0.387 e. The number of hydrogen-bond acceptors (Lipinski definition) is 5. The average Bonchev–Trinajstić information content (AvgIpc) is 3.08. The third-order valence-electron chi connectivity index (χ3n) is 6.68. The van der Waals surface area contributed by atoms with Crippen molar-refractivity contribution in [2.45, 2.75) is 52.7 Å². The minimum Gasteiger partial charge on any atom is -0.435 e. The fourth-order valence-corrected chi connectivity index (χ4v) is 6.50. The van der Waals surface area contributed by atoms with Crippen molar-refractivity contribution in [3.63, 3.8) is 0 Å². The molecular formula is C25H27F3N2O5S. The molecule has 2 aromatic carbocycles. The van der Waals surface area contributed by atoms with Gasteiger partial charge in [-0.3, -0.25) is 13.9 Å². The molecule has 0 unspecified atom stereocenters. The zero-order valence-electron chi connectivity index (χ0n) is 20.1. The van der Waals surface area contributed by atoms with Crippen LogP contribution in [0.4, 0.5) is 13.2 Å². The van der Waals surface area contributed by atoms with Crippen molar-refractivity contribution in [1.82, 2.24) is 9.13 Å². The molecule has 194 valence electrons. The van der Waals surface area contributed by atoms with Gasteiger partial charge in [-0.05, 0) is 56.4 Å². The van der Waals surface area contributed by atoms with Crippen LogP contribution in [0.5, 0.6) is 5.75 Å². The van der Waals surface area contributed by atoms with Gasteiger partial charge in [-0.15, -0.1) is 0 Å². The normalized spacial score (nSPS) is 17.1. The maximum atomic E-state index is 15.5. The third kappa shape index (κ3) is 5.07. The summed E-state index contributed by atoms with van der Waals surface area (Å²) in [6, 6.07) is 7.53. The Bertz CT molecular complexity index is 1480. The summed E-state index contributed by atoms with van der Waals surface area (Å²) in [4.78, 5) is 26.5. The number of imidazole rings is 1. The lowest BCUT2D eigenvalue weighted by Gasteiger charge is -2.32. The number of ketones is 1. The number of nitrogens with zero attached hydrogens (tertiary/aromatic N) is 2. The molecule has 0 aliphatic carbocycles. The largest absolute Gasteiger partial charge is 0.435 e. The first-order valence-electron chi connectivity index (χ1n) is 11.6. The Morgan fingerprint density at radius 3 is 2.42 bits per heavy atom. The summed E-state index contributed by atoms with van der Waals surface area (Å²) >= 11 is 0. The summed E-state index contributed by atoms with van der Waals surface area (Å²) in [5, 5.41) is 0. The first-order valence-corrected chi connectivity index (χ1v) is 13.4. The number of halogens is 3. The average molecular weight is 525 g/mol. The van der Waals surface area contributed by atoms with Crippen molar-refractivity contribution in [1.29, 1.82) is 0 Å². The van der Waals surface area contributed by atoms with E-state index in [4.69, 9.17) is 0 Å². The molecule has 4 rings (SSSR count). The van der Waals surface area contributed by atoms with E-state index in [0.717, 1.165) is 10.6 Å². The van der Waals surface area contributed by atoms with Gasteiger partial charge in [0.15, 0.2) is 5.78 Å². The molecule has 7 nitrogen and oxygen atoms in total. The SMILES string of the molecule is CC(C)n1c(=O)n(-c2cccc(OC(F)F)c2)c2c(F)cc(C(=O)CC3(C)CCS(=O)(=O)CC3)cc21. The van der Waals surface area contributed by atoms with Crippen LogP contribution in [0.2, 0.25) is 0 Å². The Morgan fingerprint density at radius 2 is 1.81 bits per heavy atom. The van der Waals surface area contributed by atoms with Crippen LogP contribution in [-0.2, 0) is 9.84 Å². The second kappa shape index (κ2) is 9.42. The highest BCUT2D eigenvalue weighted by Gasteiger charge is 2.35. The fourth-order valence-electron chi connectivity index (χ4n) is 4.69. The minimum absolute atomic E-state index is 0.00819. The number of rotatable bonds is 7. The number of hydrogen-bond donors (Lipinski definition) is 0. The fraction of sp³-hybridized carbons (Fsp3) is 0.440. The molecule has 0 N–H and O–H groups in total. The van der Waals surface area contributed by atoms with Crippen LogP contribution in [0.15, 0.2) is 41.2 Å². The first-order chi connectivity index (χ1) is 16.8. The Balaban J connectivity index is 1.79. The zero-order valence-corrected chi connectivity index (χ0v) is 20.9. The standard InChI is InChI=1S/C25H27F3N2O5S/c1-15(2)29-20-12-16(21(31)14-25(3)7-9-36(33,34)10-8-25)11-19(26)22(20)30(24(29)32)17-5-4-6-18(13-17)35-23(27)28/h4-6,11-13,15,23H,7-10,14H2,1-3H3. The summed E-state index contributed by atoms with van der Waals surface area (Å²) in [5.41, 5.74) is -0.804. The van der Waals surface area contributed by atoms with Crippen LogP contribution in [0.1, 0.15) is 56.4 Å². The maximum absolute atomic E-state index is 15.5. The predicted molar refractivity (Wildman–Crippen MR) is 129 cm³/mol. The highest BCUT2D eigenvalue weighted by Crippen LogP contribution is 2.37. The Morgan fingerprint density at radius 1 is 1.14 bits per heavy atom. The van der Waals surface area contributed by atoms with Gasteiger partial charge in [0, 0.05) is 24.1 Å². The van der Waals surface area contributed by atoms with Crippen molar-refractivity contribution < 1.29 is 31.1 Å². The lowest BCUT2D eigenvalue weighted by Crippen LogP contribution is -2.33. The number of alkyl halides is 2. The van der Waals surface area contributed by atoms with E-state index in [1.165, 1.54) is 34.9 Å². The molecule has 0 spiro atoms. The van der Waals surface area contributed by atoms with Crippen molar-refractivity contribution >= 4 is 26.7 Å². The molecule has 36 heavy (non-hydrogen) atoms. The van der Waals surface area contributed by atoms with E-state index in [9.17, 15) is 26.8 Å². The molecule has 1 saturated heterocycles. The van der Waals surface area contributed by atoms with Crippen molar-refractivity contribution in [2.24, 2.45) is 5.41 Å². The van der Waals surface area contributed by atoms with Gasteiger partial charge in [0.05, 0.1) is 22.7 Å². The van der Waals surface area contributed by atoms with E-state index in [1.807, 2.05) is 6.92 Å². The van der Waals surface area contributed by atoms with Gasteiger partial charge in [-0.25, -0.2) is 17.6 Å². The molecule has 0 saturated carbocycles. The van der Waals surface area contributed by atoms with E-state index in [-0.39, 0.29) is 51.7 Å². The molecule has 0 amide bonds. The van der Waals surface area contributed by atoms with Gasteiger partial charge >= 0.3 is 12.3 Å². The zero-order chi connectivity index (χ0) is 26.4. The van der Waals surface area contributed by atoms with Gasteiger partial charge in [-0.2, -0.15) is 8.78 Å². The molecule has 0 atom stereocenters. The number of aromatic nitrogens is 2. The summed E-state index contributed by atoms with van der Waals surface area (Å²) in [5.74, 6) is -1.33. The summed E-state index contributed by atoms with van der Waals surface area (Å²) < 4.78 is 71.4. The molecule has 0 bridgehead atoms. The number of carbonyl (C=O) groups excluding carboxylic acids is 1. The molecular weight excluding hydrogens is 497 g/mol. The predicted octanol–water partition coefficient (Wildman–Crippen LogP) is 4.90. The van der Waals surface area contributed by atoms with Crippen molar-refractivity contribution in [3.05, 3.63) is 58.3 Å². The van der Waals surface area contributed by atoms with Gasteiger partial charge in [-0.1, -0.05) is 13.0 Å². The Kier molecular flexibility index (Phi) is 6.80. The van der Waals surface area contributed by atoms with Gasteiger partial charge in [0.1, 0.15) is 26.9 Å². The minimum atomic E-state index is -3.11. The van der Waals surface area contributed by atoms with E-state index in [0.29, 0.717) is 12.8 Å². The summed E-state index contributed by atoms with van der Waals surface area (Å²) in [7, 11) is -3.11. The van der Waals surface area contributed by atoms with Crippen LogP contribution >= 0.6 is 0 Å². The van der Waals surface area contributed by atoms with Gasteiger partial charge < -0.3 is 4.74 Å². The highest BCUT2D eigenvalue weighted by atomic mass is 32.2. The number of sulfone groups is 1. The number of benzene rings is 2. The van der Waals surface area contributed by atoms with E-state index in [1.54, 1.807) is 13.8 Å². The van der Waals surface area contributed by atoms with E-state index >= 15 is 4.39 Å². The second-order valence-corrected chi connectivity index (χ2v) is 12.1. The van der Waals surface area contributed by atoms with Crippen LogP contribution in [0.3, 0.4) is 0 Å². The number of carbonyl (C=O) groups is 1. The lowest BCUT2D eigenvalue weighted by molar-refractivity contribution is -0.0498. The molecule has 11 heteroatoms. The molecule has 0 radical (unpaired) electrons. The van der Waals surface area contributed by atoms with E-state index < -0.39 is 39.4 Å². The number of Topliss-reactive ketones (excluding diaryl/α,β-unsaturated/α-hetero) is 1. The maximum Gasteiger partial charge on any atom is 0.387 e. The molecule has 1 aliphatic heterocycles. The summed E-state index contributed by atoms with van der Waals surface area (Å²) in [6.45, 7) is 2.25.